The topological polar surface area (TPSA) is 36.4 Å². The minimum Gasteiger partial charge on any atom is -0.368 e. The molecule has 0 bridgehead atoms. The number of aromatic nitrogens is 1. The molecule has 5 heteroatoms. The number of para-hydroxylation sites is 1. The third-order valence-corrected chi connectivity index (χ3v) is 6.09. The van der Waals surface area contributed by atoms with Crippen molar-refractivity contribution in [1.82, 2.24) is 9.88 Å². The first-order chi connectivity index (χ1) is 15.6. The molecular weight excluding hydrogens is 401 g/mol. The van der Waals surface area contributed by atoms with Gasteiger partial charge in [-0.25, -0.2) is 9.37 Å². The molecule has 0 radical (unpaired) electrons. The number of piperazine rings is 1. The summed E-state index contributed by atoms with van der Waals surface area (Å²) in [5, 5.41) is 0.552. The van der Waals surface area contributed by atoms with Gasteiger partial charge in [-0.15, -0.1) is 0 Å². The number of benzene rings is 3. The molecule has 2 heterocycles. The van der Waals surface area contributed by atoms with Crippen LogP contribution in [0.15, 0.2) is 78.9 Å². The van der Waals surface area contributed by atoms with Crippen LogP contribution in [-0.2, 0) is 0 Å². The van der Waals surface area contributed by atoms with Gasteiger partial charge < -0.3 is 9.80 Å². The van der Waals surface area contributed by atoms with Gasteiger partial charge in [0.05, 0.1) is 16.8 Å². The smallest absolute Gasteiger partial charge is 0.254 e. The van der Waals surface area contributed by atoms with Crippen molar-refractivity contribution in [2.24, 2.45) is 0 Å². The van der Waals surface area contributed by atoms with Crippen LogP contribution in [0.4, 0.5) is 10.1 Å². The highest BCUT2D eigenvalue weighted by atomic mass is 19.1. The molecule has 1 fully saturated rings. The minimum absolute atomic E-state index is 0.0791. The van der Waals surface area contributed by atoms with Crippen LogP contribution in [0.5, 0.6) is 0 Å². The second kappa shape index (κ2) is 8.42. The van der Waals surface area contributed by atoms with Crippen molar-refractivity contribution in [3.63, 3.8) is 0 Å². The Morgan fingerprint density at radius 1 is 0.875 bits per heavy atom. The van der Waals surface area contributed by atoms with Gasteiger partial charge in [0.2, 0.25) is 0 Å². The summed E-state index contributed by atoms with van der Waals surface area (Å²) in [6.45, 7) is 4.87. The lowest BCUT2D eigenvalue weighted by molar-refractivity contribution is 0.0748. The Morgan fingerprint density at radius 2 is 1.59 bits per heavy atom. The van der Waals surface area contributed by atoms with Crippen molar-refractivity contribution >= 4 is 22.5 Å². The van der Waals surface area contributed by atoms with E-state index in [1.807, 2.05) is 47.4 Å². The zero-order valence-corrected chi connectivity index (χ0v) is 18.0. The number of fused-ring (bicyclic) bond motifs is 1. The van der Waals surface area contributed by atoms with Crippen LogP contribution < -0.4 is 4.90 Å². The normalized spacial score (nSPS) is 14.1. The van der Waals surface area contributed by atoms with Crippen molar-refractivity contribution < 1.29 is 9.18 Å². The van der Waals surface area contributed by atoms with Crippen molar-refractivity contribution in [2.45, 2.75) is 6.92 Å². The number of carbonyl (C=O) groups is 1. The van der Waals surface area contributed by atoms with Crippen molar-refractivity contribution in [3.05, 3.63) is 95.8 Å². The Labute approximate surface area is 186 Å². The van der Waals surface area contributed by atoms with E-state index < -0.39 is 0 Å². The molecule has 0 spiro atoms. The third-order valence-electron chi connectivity index (χ3n) is 6.09. The van der Waals surface area contributed by atoms with Gasteiger partial charge in [0.25, 0.3) is 5.91 Å². The monoisotopic (exact) mass is 425 g/mol. The van der Waals surface area contributed by atoms with E-state index in [9.17, 15) is 9.18 Å². The lowest BCUT2D eigenvalue weighted by Crippen LogP contribution is -2.49. The van der Waals surface area contributed by atoms with E-state index in [0.29, 0.717) is 35.2 Å². The molecule has 0 atom stereocenters. The van der Waals surface area contributed by atoms with E-state index in [4.69, 9.17) is 4.98 Å². The van der Waals surface area contributed by atoms with Crippen LogP contribution in [0.1, 0.15) is 15.9 Å². The van der Waals surface area contributed by atoms with Crippen LogP contribution in [0, 0.1) is 12.7 Å². The molecule has 0 aliphatic carbocycles. The number of anilines is 1. The molecule has 0 N–H and O–H groups in total. The molecule has 4 nitrogen and oxygen atoms in total. The molecular formula is C27H24FN3O. The summed E-state index contributed by atoms with van der Waals surface area (Å²) in [5.41, 5.74) is 5.20. The van der Waals surface area contributed by atoms with Crippen LogP contribution in [-0.4, -0.2) is 42.0 Å². The SMILES string of the molecule is Cc1ccccc1N1CCN(C(=O)c2cc(-c3ccccc3)nc3ccc(F)cc23)CC1. The van der Waals surface area contributed by atoms with Gasteiger partial charge in [0, 0.05) is 42.8 Å². The van der Waals surface area contributed by atoms with Crippen LogP contribution in [0.25, 0.3) is 22.2 Å². The second-order valence-corrected chi connectivity index (χ2v) is 8.15. The lowest BCUT2D eigenvalue weighted by atomic mass is 10.0. The largest absolute Gasteiger partial charge is 0.368 e. The summed E-state index contributed by atoms with van der Waals surface area (Å²) in [6.07, 6.45) is 0. The third kappa shape index (κ3) is 3.82. The average Bonchev–Trinajstić information content (AvgIpc) is 2.84. The first-order valence-corrected chi connectivity index (χ1v) is 10.9. The van der Waals surface area contributed by atoms with Gasteiger partial charge >= 0.3 is 0 Å². The number of carbonyl (C=O) groups excluding carboxylic acids is 1. The van der Waals surface area contributed by atoms with Gasteiger partial charge in [-0.1, -0.05) is 48.5 Å². The molecule has 1 aliphatic heterocycles. The van der Waals surface area contributed by atoms with Gasteiger partial charge in [-0.05, 0) is 42.8 Å². The Balaban J connectivity index is 1.47. The highest BCUT2D eigenvalue weighted by Crippen LogP contribution is 2.27. The van der Waals surface area contributed by atoms with E-state index in [1.165, 1.54) is 23.4 Å². The fourth-order valence-corrected chi connectivity index (χ4v) is 4.37. The molecule has 160 valence electrons. The van der Waals surface area contributed by atoms with Gasteiger partial charge in [-0.2, -0.15) is 0 Å². The maximum Gasteiger partial charge on any atom is 0.254 e. The molecule has 1 amide bonds. The summed E-state index contributed by atoms with van der Waals surface area (Å²) in [7, 11) is 0. The zero-order valence-electron chi connectivity index (χ0n) is 18.0. The summed E-state index contributed by atoms with van der Waals surface area (Å²) >= 11 is 0. The number of rotatable bonds is 3. The Bertz CT molecular complexity index is 1280. The van der Waals surface area contributed by atoms with Crippen molar-refractivity contribution in [2.75, 3.05) is 31.1 Å². The molecule has 0 saturated carbocycles. The van der Waals surface area contributed by atoms with E-state index in [2.05, 4.69) is 24.0 Å². The average molecular weight is 426 g/mol. The number of halogens is 1. The number of aryl methyl sites for hydroxylation is 1. The maximum atomic E-state index is 14.1. The van der Waals surface area contributed by atoms with Crippen LogP contribution in [0.2, 0.25) is 0 Å². The Morgan fingerprint density at radius 3 is 2.34 bits per heavy atom. The highest BCUT2D eigenvalue weighted by Gasteiger charge is 2.25. The standard InChI is InChI=1S/C27H24FN3O/c1-19-7-5-6-10-26(19)30-13-15-31(16-14-30)27(32)23-18-25(20-8-3-2-4-9-20)29-24-12-11-21(28)17-22(23)24/h2-12,17-18H,13-16H2,1H3. The zero-order chi connectivity index (χ0) is 22.1. The van der Waals surface area contributed by atoms with Gasteiger partial charge in [-0.3, -0.25) is 4.79 Å². The molecule has 1 saturated heterocycles. The molecule has 32 heavy (non-hydrogen) atoms. The minimum atomic E-state index is -0.370. The summed E-state index contributed by atoms with van der Waals surface area (Å²) < 4.78 is 14.1. The van der Waals surface area contributed by atoms with Crippen molar-refractivity contribution in [3.8, 4) is 11.3 Å². The first-order valence-electron chi connectivity index (χ1n) is 10.9. The fraction of sp³-hybridized carbons (Fsp3) is 0.185. The number of hydrogen-bond acceptors (Lipinski definition) is 3. The Hall–Kier alpha value is -3.73. The quantitative estimate of drug-likeness (QED) is 0.446. The second-order valence-electron chi connectivity index (χ2n) is 8.15. The van der Waals surface area contributed by atoms with E-state index >= 15 is 0 Å². The van der Waals surface area contributed by atoms with Crippen LogP contribution in [0.3, 0.4) is 0 Å². The summed E-state index contributed by atoms with van der Waals surface area (Å²) in [6, 6.07) is 24.3. The fourth-order valence-electron chi connectivity index (χ4n) is 4.37. The Kier molecular flexibility index (Phi) is 5.31. The molecule has 1 aliphatic rings. The lowest BCUT2D eigenvalue weighted by Gasteiger charge is -2.37. The van der Waals surface area contributed by atoms with E-state index in [1.54, 1.807) is 12.1 Å². The molecule has 1 aromatic heterocycles. The molecule has 0 unspecified atom stereocenters. The number of hydrogen-bond donors (Lipinski definition) is 0. The molecule has 3 aromatic carbocycles. The highest BCUT2D eigenvalue weighted by molar-refractivity contribution is 6.07. The summed E-state index contributed by atoms with van der Waals surface area (Å²) in [5.74, 6) is -0.449. The van der Waals surface area contributed by atoms with Crippen molar-refractivity contribution in [1.29, 1.82) is 0 Å². The number of amides is 1. The van der Waals surface area contributed by atoms with E-state index in [0.717, 1.165) is 18.7 Å². The van der Waals surface area contributed by atoms with Crippen LogP contribution >= 0.6 is 0 Å². The number of pyridine rings is 1. The first kappa shape index (κ1) is 20.2. The predicted octanol–water partition coefficient (Wildman–Crippen LogP) is 5.31. The van der Waals surface area contributed by atoms with E-state index in [-0.39, 0.29) is 11.7 Å². The predicted molar refractivity (Wildman–Crippen MR) is 126 cm³/mol. The summed E-state index contributed by atoms with van der Waals surface area (Å²) in [4.78, 5) is 22.4. The maximum absolute atomic E-state index is 14.1. The molecule has 5 rings (SSSR count). The van der Waals surface area contributed by atoms with Gasteiger partial charge in [0.15, 0.2) is 0 Å². The molecule has 4 aromatic rings. The number of nitrogens with zero attached hydrogens (tertiary/aromatic N) is 3. The van der Waals surface area contributed by atoms with Gasteiger partial charge in [0.1, 0.15) is 5.82 Å².